The molecule has 0 radical (unpaired) electrons. The molecule has 0 N–H and O–H groups in total. The lowest BCUT2D eigenvalue weighted by Crippen LogP contribution is -2.48. The molecule has 0 saturated carbocycles. The highest BCUT2D eigenvalue weighted by molar-refractivity contribution is 7.25. The first-order valence-corrected chi connectivity index (χ1v) is 15.1. The largest absolute Gasteiger partial charge is 0.415 e. The van der Waals surface area contributed by atoms with Crippen LogP contribution >= 0.6 is 11.3 Å². The van der Waals surface area contributed by atoms with Crippen LogP contribution in [0, 0.1) is 0 Å². The fourth-order valence-electron chi connectivity index (χ4n) is 6.03. The SMILES string of the molecule is O=C(Oc1cccc(-c2nc(N3CCOCC3)c3sc4nccnc4c3n2)c1)N1CCC(N2CCCCC2)CC1. The number of nitrogens with zero attached hydrogens (tertiary/aromatic N) is 7. The number of rotatable bonds is 4. The molecule has 40 heavy (non-hydrogen) atoms. The number of piperidine rings is 2. The fourth-order valence-corrected chi connectivity index (χ4v) is 7.09. The number of benzene rings is 1. The highest BCUT2D eigenvalue weighted by Crippen LogP contribution is 2.38. The Balaban J connectivity index is 1.13. The van der Waals surface area contributed by atoms with Crippen LogP contribution < -0.4 is 9.64 Å². The molecule has 0 atom stereocenters. The van der Waals surface area contributed by atoms with E-state index >= 15 is 0 Å². The van der Waals surface area contributed by atoms with E-state index in [9.17, 15) is 4.79 Å². The Hall–Kier alpha value is -3.41. The van der Waals surface area contributed by atoms with Gasteiger partial charge in [-0.2, -0.15) is 0 Å². The molecular formula is C29H33N7O3S. The molecule has 1 aromatic carbocycles. The molecule has 11 heteroatoms. The van der Waals surface area contributed by atoms with Gasteiger partial charge in [-0.3, -0.25) is 0 Å². The first-order valence-electron chi connectivity index (χ1n) is 14.3. The summed E-state index contributed by atoms with van der Waals surface area (Å²) in [6.45, 7) is 6.67. The van der Waals surface area contributed by atoms with Gasteiger partial charge in [0.1, 0.15) is 21.6 Å². The topological polar surface area (TPSA) is 96.8 Å². The number of fused-ring (bicyclic) bond motifs is 3. The van der Waals surface area contributed by atoms with Gasteiger partial charge in [-0.05, 0) is 50.9 Å². The number of thiophene rings is 1. The molecule has 4 aromatic rings. The van der Waals surface area contributed by atoms with Crippen LogP contribution in [0.5, 0.6) is 5.75 Å². The van der Waals surface area contributed by atoms with Gasteiger partial charge in [0, 0.05) is 50.2 Å². The predicted molar refractivity (Wildman–Crippen MR) is 155 cm³/mol. The Bertz CT molecular complexity index is 1510. The van der Waals surface area contributed by atoms with Crippen molar-refractivity contribution in [1.29, 1.82) is 0 Å². The Morgan fingerprint density at radius 2 is 1.73 bits per heavy atom. The van der Waals surface area contributed by atoms with Crippen LogP contribution in [-0.2, 0) is 4.74 Å². The van der Waals surface area contributed by atoms with Gasteiger partial charge in [0.05, 0.1) is 17.9 Å². The number of likely N-dealkylation sites (tertiary alicyclic amines) is 2. The number of hydrogen-bond donors (Lipinski definition) is 0. The van der Waals surface area contributed by atoms with Gasteiger partial charge in [-0.1, -0.05) is 18.6 Å². The second-order valence-electron chi connectivity index (χ2n) is 10.7. The molecule has 3 aliphatic rings. The lowest BCUT2D eigenvalue weighted by Gasteiger charge is -2.39. The van der Waals surface area contributed by atoms with Gasteiger partial charge in [0.2, 0.25) is 0 Å². The van der Waals surface area contributed by atoms with E-state index in [2.05, 4.69) is 19.8 Å². The number of aromatic nitrogens is 4. The average Bonchev–Trinajstić information content (AvgIpc) is 3.40. The number of ether oxygens (including phenoxy) is 2. The first kappa shape index (κ1) is 25.6. The van der Waals surface area contributed by atoms with Gasteiger partial charge < -0.3 is 24.2 Å². The third-order valence-corrected chi connectivity index (χ3v) is 9.25. The van der Waals surface area contributed by atoms with Crippen molar-refractivity contribution in [3.8, 4) is 17.1 Å². The summed E-state index contributed by atoms with van der Waals surface area (Å²) in [6, 6.07) is 8.08. The molecule has 0 bridgehead atoms. The summed E-state index contributed by atoms with van der Waals surface area (Å²) in [5.74, 6) is 1.93. The maximum absolute atomic E-state index is 13.1. The molecule has 3 aromatic heterocycles. The Labute approximate surface area is 236 Å². The van der Waals surface area contributed by atoms with Gasteiger partial charge >= 0.3 is 6.09 Å². The highest BCUT2D eigenvalue weighted by atomic mass is 32.1. The van der Waals surface area contributed by atoms with Crippen LogP contribution in [0.15, 0.2) is 36.7 Å². The summed E-state index contributed by atoms with van der Waals surface area (Å²) in [6.07, 6.45) is 9.04. The molecule has 0 spiro atoms. The zero-order valence-corrected chi connectivity index (χ0v) is 23.3. The monoisotopic (exact) mass is 559 g/mol. The first-order chi connectivity index (χ1) is 19.7. The van der Waals surface area contributed by atoms with E-state index in [1.807, 2.05) is 29.2 Å². The third-order valence-electron chi connectivity index (χ3n) is 8.17. The maximum atomic E-state index is 13.1. The van der Waals surface area contributed by atoms with E-state index in [0.29, 0.717) is 30.8 Å². The Kier molecular flexibility index (Phi) is 7.17. The third kappa shape index (κ3) is 5.09. The van der Waals surface area contributed by atoms with Crippen LogP contribution in [0.2, 0.25) is 0 Å². The molecule has 10 nitrogen and oxygen atoms in total. The van der Waals surface area contributed by atoms with Crippen LogP contribution in [0.1, 0.15) is 32.1 Å². The summed E-state index contributed by atoms with van der Waals surface area (Å²) in [4.78, 5) is 39.6. The van der Waals surface area contributed by atoms with Crippen molar-refractivity contribution in [3.05, 3.63) is 36.7 Å². The summed E-state index contributed by atoms with van der Waals surface area (Å²) in [5, 5.41) is 0. The van der Waals surface area contributed by atoms with Crippen molar-refractivity contribution >= 4 is 43.8 Å². The second-order valence-corrected chi connectivity index (χ2v) is 11.7. The smallest absolute Gasteiger partial charge is 0.410 e. The minimum Gasteiger partial charge on any atom is -0.410 e. The zero-order valence-electron chi connectivity index (χ0n) is 22.5. The number of anilines is 1. The second kappa shape index (κ2) is 11.2. The number of morpholine rings is 1. The van der Waals surface area contributed by atoms with E-state index < -0.39 is 0 Å². The molecule has 6 heterocycles. The van der Waals surface area contributed by atoms with Gasteiger partial charge in [0.25, 0.3) is 0 Å². The summed E-state index contributed by atoms with van der Waals surface area (Å²) in [5.41, 5.74) is 2.35. The quantitative estimate of drug-likeness (QED) is 0.356. The highest BCUT2D eigenvalue weighted by Gasteiger charge is 2.29. The Morgan fingerprint density at radius 1 is 0.925 bits per heavy atom. The molecular weight excluding hydrogens is 526 g/mol. The van der Waals surface area contributed by atoms with Crippen molar-refractivity contribution in [3.63, 3.8) is 0 Å². The minimum atomic E-state index is -0.293. The Morgan fingerprint density at radius 3 is 2.55 bits per heavy atom. The maximum Gasteiger partial charge on any atom is 0.415 e. The normalized spacial score (nSPS) is 19.4. The standard InChI is InChI=1S/C29H33N7O3S/c37-29(36-13-7-21(8-14-36)34-11-2-1-3-12-34)39-22-6-4-5-20(19-22)26-32-23-24-28(31-10-9-30-24)40-25(23)27(33-26)35-15-17-38-18-16-35/h4-6,9-10,19,21H,1-3,7-8,11-18H2. The van der Waals surface area contributed by atoms with E-state index in [-0.39, 0.29) is 6.09 Å². The summed E-state index contributed by atoms with van der Waals surface area (Å²) >= 11 is 1.56. The number of amides is 1. The van der Waals surface area contributed by atoms with Crippen molar-refractivity contribution in [2.45, 2.75) is 38.1 Å². The van der Waals surface area contributed by atoms with Crippen molar-refractivity contribution < 1.29 is 14.3 Å². The van der Waals surface area contributed by atoms with Crippen molar-refractivity contribution in [2.75, 3.05) is 57.4 Å². The predicted octanol–water partition coefficient (Wildman–Crippen LogP) is 4.59. The fraction of sp³-hybridized carbons (Fsp3) is 0.483. The van der Waals surface area contributed by atoms with Crippen LogP contribution in [-0.4, -0.2) is 94.4 Å². The molecule has 1 amide bonds. The minimum absolute atomic E-state index is 0.293. The number of carbonyl (C=O) groups excluding carboxylic acids is 1. The average molecular weight is 560 g/mol. The summed E-state index contributed by atoms with van der Waals surface area (Å²) < 4.78 is 12.4. The van der Waals surface area contributed by atoms with E-state index in [1.165, 1.54) is 32.4 Å². The number of carbonyl (C=O) groups is 1. The van der Waals surface area contributed by atoms with Crippen LogP contribution in [0.4, 0.5) is 10.6 Å². The van der Waals surface area contributed by atoms with Crippen molar-refractivity contribution in [2.24, 2.45) is 0 Å². The lowest BCUT2D eigenvalue weighted by molar-refractivity contribution is 0.0878. The lowest BCUT2D eigenvalue weighted by atomic mass is 10.0. The van der Waals surface area contributed by atoms with Crippen LogP contribution in [0.3, 0.4) is 0 Å². The molecule has 0 unspecified atom stereocenters. The molecule has 3 saturated heterocycles. The molecule has 7 rings (SSSR count). The van der Waals surface area contributed by atoms with E-state index in [1.54, 1.807) is 23.7 Å². The van der Waals surface area contributed by atoms with E-state index in [0.717, 1.165) is 71.0 Å². The van der Waals surface area contributed by atoms with Crippen molar-refractivity contribution in [1.82, 2.24) is 29.7 Å². The van der Waals surface area contributed by atoms with E-state index in [4.69, 9.17) is 19.4 Å². The summed E-state index contributed by atoms with van der Waals surface area (Å²) in [7, 11) is 0. The molecule has 3 aliphatic heterocycles. The number of hydrogen-bond acceptors (Lipinski definition) is 10. The molecule has 0 aliphatic carbocycles. The zero-order chi connectivity index (χ0) is 26.9. The molecule has 208 valence electrons. The van der Waals surface area contributed by atoms with Crippen LogP contribution in [0.25, 0.3) is 32.0 Å². The van der Waals surface area contributed by atoms with Gasteiger partial charge in [0.15, 0.2) is 11.6 Å². The molecule has 3 fully saturated rings. The van der Waals surface area contributed by atoms with Gasteiger partial charge in [-0.15, -0.1) is 11.3 Å². The van der Waals surface area contributed by atoms with Gasteiger partial charge in [-0.25, -0.2) is 24.7 Å².